The van der Waals surface area contributed by atoms with Crippen molar-refractivity contribution in [1.82, 2.24) is 24.1 Å². The number of rotatable bonds is 8. The Kier molecular flexibility index (Phi) is 8.70. The lowest BCUT2D eigenvalue weighted by atomic mass is 9.73. The van der Waals surface area contributed by atoms with Crippen molar-refractivity contribution in [3.63, 3.8) is 0 Å². The maximum Gasteiger partial charge on any atom is 0.208 e. The van der Waals surface area contributed by atoms with E-state index >= 15 is 0 Å². The van der Waals surface area contributed by atoms with E-state index in [1.165, 1.54) is 107 Å². The van der Waals surface area contributed by atoms with Gasteiger partial charge in [0, 0.05) is 50.2 Å². The lowest BCUT2D eigenvalue weighted by molar-refractivity contribution is -0.0420. The molecule has 5 fully saturated rings. The molecule has 42 heavy (non-hydrogen) atoms. The molecule has 1 N–H and O–H groups in total. The molecule has 0 amide bonds. The highest BCUT2D eigenvalue weighted by Crippen LogP contribution is 2.47. The average Bonchev–Trinajstić information content (AvgIpc) is 3.22. The fourth-order valence-electron chi connectivity index (χ4n) is 10.1. The molecule has 2 unspecified atom stereocenters. The molecule has 0 radical (unpaired) electrons. The van der Waals surface area contributed by atoms with Crippen LogP contribution in [0.3, 0.4) is 0 Å². The van der Waals surface area contributed by atoms with Crippen molar-refractivity contribution in [2.75, 3.05) is 32.4 Å². The van der Waals surface area contributed by atoms with Crippen molar-refractivity contribution >= 4 is 21.1 Å². The molecular weight excluding hydrogens is 542 g/mol. The van der Waals surface area contributed by atoms with Gasteiger partial charge in [0.1, 0.15) is 5.82 Å². The molecule has 3 saturated heterocycles. The number of imidazole rings is 1. The standard InChI is InChI=1S/C34H53N5O2S/c1-42(40,41)35-15-17-37-16-7-10-27(24-37)21-34-36-32-13-4-5-14-33(32)39(34)31-22-28-11-6-12-29(23-31)38(28)30-19-25-8-2-3-9-26(18-25)20-30/h4-5,13-14,25-31,35H,2-3,6-12,15-24H2,1H3/t25-,26+,27-,28-,29+,30?,31?/m0/s1. The summed E-state index contributed by atoms with van der Waals surface area (Å²) in [5.74, 6) is 3.82. The third kappa shape index (κ3) is 6.47. The zero-order chi connectivity index (χ0) is 28.7. The second kappa shape index (κ2) is 12.5. The first-order valence-electron chi connectivity index (χ1n) is 17.3. The number of hydrogen-bond acceptors (Lipinski definition) is 5. The van der Waals surface area contributed by atoms with Crippen molar-refractivity contribution in [1.29, 1.82) is 0 Å². The molecule has 2 saturated carbocycles. The van der Waals surface area contributed by atoms with Crippen LogP contribution < -0.4 is 4.72 Å². The van der Waals surface area contributed by atoms with Crippen LogP contribution in [0.2, 0.25) is 0 Å². The highest BCUT2D eigenvalue weighted by atomic mass is 32.2. The van der Waals surface area contributed by atoms with Crippen molar-refractivity contribution in [3.8, 4) is 0 Å². The lowest BCUT2D eigenvalue weighted by Gasteiger charge is -2.54. The third-order valence-corrected chi connectivity index (χ3v) is 12.4. The molecule has 8 heteroatoms. The number of nitrogens with one attached hydrogen (secondary N) is 1. The molecule has 1 aromatic heterocycles. The molecule has 232 valence electrons. The summed E-state index contributed by atoms with van der Waals surface area (Å²) in [5, 5.41) is 0. The number of likely N-dealkylation sites (tertiary alicyclic amines) is 1. The number of para-hydroxylation sites is 2. The molecule has 5 aliphatic rings. The minimum Gasteiger partial charge on any atom is -0.325 e. The molecular formula is C34H53N5O2S. The van der Waals surface area contributed by atoms with Gasteiger partial charge in [-0.3, -0.25) is 4.90 Å². The second-order valence-corrected chi connectivity index (χ2v) is 16.6. The van der Waals surface area contributed by atoms with Crippen molar-refractivity contribution < 1.29 is 8.42 Å². The Labute approximate surface area is 253 Å². The largest absolute Gasteiger partial charge is 0.325 e. The predicted molar refractivity (Wildman–Crippen MR) is 170 cm³/mol. The van der Waals surface area contributed by atoms with Crippen LogP contribution in [-0.4, -0.2) is 78.3 Å². The van der Waals surface area contributed by atoms with Crippen LogP contribution in [0.5, 0.6) is 0 Å². The van der Waals surface area contributed by atoms with Crippen LogP contribution in [0.1, 0.15) is 102 Å². The number of aromatic nitrogens is 2. The van der Waals surface area contributed by atoms with Crippen molar-refractivity contribution in [2.24, 2.45) is 17.8 Å². The van der Waals surface area contributed by atoms with Gasteiger partial charge in [0.25, 0.3) is 0 Å². The van der Waals surface area contributed by atoms with Crippen LogP contribution in [0.25, 0.3) is 11.0 Å². The Morgan fingerprint density at radius 1 is 0.833 bits per heavy atom. The Morgan fingerprint density at radius 2 is 1.57 bits per heavy atom. The Hall–Kier alpha value is -1.48. The molecule has 2 aromatic rings. The first kappa shape index (κ1) is 29.2. The summed E-state index contributed by atoms with van der Waals surface area (Å²) in [6.07, 6.45) is 21.7. The predicted octanol–water partition coefficient (Wildman–Crippen LogP) is 5.76. The second-order valence-electron chi connectivity index (χ2n) is 14.8. The molecule has 4 heterocycles. The number of hydrogen-bond donors (Lipinski definition) is 1. The fourth-order valence-corrected chi connectivity index (χ4v) is 10.6. The summed E-state index contributed by atoms with van der Waals surface area (Å²) in [6.45, 7) is 3.37. The zero-order valence-corrected chi connectivity index (χ0v) is 26.6. The van der Waals surface area contributed by atoms with Gasteiger partial charge in [-0.2, -0.15) is 0 Å². The summed E-state index contributed by atoms with van der Waals surface area (Å²) in [7, 11) is -3.14. The molecule has 7 atom stereocenters. The molecule has 3 aliphatic heterocycles. The molecule has 1 aromatic carbocycles. The number of benzene rings is 1. The minimum atomic E-state index is -3.14. The van der Waals surface area contributed by atoms with Gasteiger partial charge in [0.15, 0.2) is 0 Å². The Bertz CT molecular complexity index is 1300. The van der Waals surface area contributed by atoms with E-state index in [1.54, 1.807) is 0 Å². The van der Waals surface area contributed by atoms with Crippen molar-refractivity contribution in [3.05, 3.63) is 30.1 Å². The van der Waals surface area contributed by atoms with Gasteiger partial charge >= 0.3 is 0 Å². The number of sulfonamides is 1. The maximum absolute atomic E-state index is 11.5. The summed E-state index contributed by atoms with van der Waals surface area (Å²) >= 11 is 0. The lowest BCUT2D eigenvalue weighted by Crippen LogP contribution is -2.58. The fraction of sp³-hybridized carbons (Fsp3) is 0.794. The van der Waals surface area contributed by atoms with Gasteiger partial charge in [-0.05, 0) is 94.2 Å². The SMILES string of the molecule is CS(=O)(=O)NCCN1CCC[C@@H](Cc2nc3ccccc3n2C2C[C@H]3CCC[C@@H](C2)N3C2C[C@H]3CCCC[C@@H](C2)C3)C1. The van der Waals surface area contributed by atoms with E-state index in [1.807, 2.05) is 0 Å². The molecule has 7 nitrogen and oxygen atoms in total. The van der Waals surface area contributed by atoms with Gasteiger partial charge in [0.05, 0.1) is 17.3 Å². The highest BCUT2D eigenvalue weighted by molar-refractivity contribution is 7.88. The first-order valence-corrected chi connectivity index (χ1v) is 19.2. The van der Waals surface area contributed by atoms with E-state index in [9.17, 15) is 8.42 Å². The minimum absolute atomic E-state index is 0.494. The summed E-state index contributed by atoms with van der Waals surface area (Å²) in [4.78, 5) is 10.8. The highest BCUT2D eigenvalue weighted by Gasteiger charge is 2.45. The molecule has 4 bridgehead atoms. The summed E-state index contributed by atoms with van der Waals surface area (Å²) in [6, 6.07) is 11.7. The normalized spacial score (nSPS) is 34.8. The van der Waals surface area contributed by atoms with E-state index in [2.05, 4.69) is 43.4 Å². The third-order valence-electron chi connectivity index (χ3n) is 11.7. The quantitative estimate of drug-likeness (QED) is 0.421. The van der Waals surface area contributed by atoms with Gasteiger partial charge in [-0.1, -0.05) is 44.2 Å². The van der Waals surface area contributed by atoms with E-state index < -0.39 is 10.0 Å². The van der Waals surface area contributed by atoms with Crippen LogP contribution in [0.15, 0.2) is 24.3 Å². The summed E-state index contributed by atoms with van der Waals surface area (Å²) in [5.41, 5.74) is 2.49. The molecule has 7 rings (SSSR count). The van der Waals surface area contributed by atoms with Crippen LogP contribution in [-0.2, 0) is 16.4 Å². The topological polar surface area (TPSA) is 70.5 Å². The smallest absolute Gasteiger partial charge is 0.208 e. The van der Waals surface area contributed by atoms with Gasteiger partial charge < -0.3 is 9.47 Å². The number of nitrogens with zero attached hydrogens (tertiary/aromatic N) is 4. The van der Waals surface area contributed by atoms with Gasteiger partial charge in [-0.25, -0.2) is 18.1 Å². The van der Waals surface area contributed by atoms with E-state index in [0.29, 0.717) is 18.5 Å². The van der Waals surface area contributed by atoms with Crippen LogP contribution in [0.4, 0.5) is 0 Å². The monoisotopic (exact) mass is 595 g/mol. The Morgan fingerprint density at radius 3 is 2.31 bits per heavy atom. The number of piperidine rings is 3. The maximum atomic E-state index is 11.5. The van der Waals surface area contributed by atoms with Crippen molar-refractivity contribution in [2.45, 2.75) is 120 Å². The van der Waals surface area contributed by atoms with Gasteiger partial charge in [0.2, 0.25) is 10.0 Å². The zero-order valence-electron chi connectivity index (χ0n) is 25.8. The molecule has 2 aliphatic carbocycles. The van der Waals surface area contributed by atoms with Gasteiger partial charge in [-0.15, -0.1) is 0 Å². The van der Waals surface area contributed by atoms with E-state index in [0.717, 1.165) is 61.5 Å². The average molecular weight is 596 g/mol. The van der Waals surface area contributed by atoms with Crippen LogP contribution in [0, 0.1) is 17.8 Å². The Balaban J connectivity index is 1.09. The number of fused-ring (bicyclic) bond motifs is 5. The first-order chi connectivity index (χ1) is 20.4. The van der Waals surface area contributed by atoms with E-state index in [-0.39, 0.29) is 0 Å². The van der Waals surface area contributed by atoms with Crippen LogP contribution >= 0.6 is 0 Å². The summed E-state index contributed by atoms with van der Waals surface area (Å²) < 4.78 is 28.5. The van der Waals surface area contributed by atoms with E-state index in [4.69, 9.17) is 4.98 Å². The molecule has 0 spiro atoms.